The van der Waals surface area contributed by atoms with Crippen molar-refractivity contribution in [3.05, 3.63) is 46.9 Å². The minimum Gasteiger partial charge on any atom is -0.461 e. The second kappa shape index (κ2) is 12.6. The second-order valence-corrected chi connectivity index (χ2v) is 12.5. The Morgan fingerprint density at radius 3 is 2.66 bits per heavy atom. The Morgan fingerprint density at radius 1 is 1.16 bits per heavy atom. The van der Waals surface area contributed by atoms with Gasteiger partial charge < -0.3 is 24.6 Å². The van der Waals surface area contributed by atoms with Gasteiger partial charge in [-0.2, -0.15) is 4.98 Å². The highest BCUT2D eigenvalue weighted by Gasteiger charge is 2.42. The highest BCUT2D eigenvalue weighted by Crippen LogP contribution is 2.31. The van der Waals surface area contributed by atoms with Crippen molar-refractivity contribution in [1.29, 1.82) is 0 Å². The van der Waals surface area contributed by atoms with Crippen LogP contribution in [0.15, 0.2) is 35.0 Å². The molecule has 2 atom stereocenters. The van der Waals surface area contributed by atoms with Crippen molar-refractivity contribution in [1.82, 2.24) is 25.0 Å². The van der Waals surface area contributed by atoms with Gasteiger partial charge in [0.15, 0.2) is 5.13 Å². The first-order chi connectivity index (χ1) is 20.9. The normalized spacial score (nSPS) is 16.6. The monoisotopic (exact) mass is 621 g/mol. The van der Waals surface area contributed by atoms with E-state index in [9.17, 15) is 14.4 Å². The molecule has 0 unspecified atom stereocenters. The topological polar surface area (TPSA) is 162 Å². The standard InChI is InChI=1S/C30H35N7O6S/c1-7-12-41-27(39)23-16(2)32-28(44-23)35-26(38)22-14-20(15-37(22)29(40)42-30(4,5)6)34-25-21-13-19(24-33-17(3)43-36-24)9-8-18(21)10-11-31-25/h8-11,13,20,22H,7,12,14-15H2,1-6H3,(H,31,34)(H,32,35,38)/t20-,22-/m0/s1. The molecule has 3 aromatic heterocycles. The molecule has 0 spiro atoms. The molecule has 4 aromatic rings. The molecular formula is C30H35N7O6S. The highest BCUT2D eigenvalue weighted by atomic mass is 32.1. The zero-order chi connectivity index (χ0) is 31.6. The van der Waals surface area contributed by atoms with Gasteiger partial charge in [-0.05, 0) is 58.1 Å². The second-order valence-electron chi connectivity index (χ2n) is 11.5. The van der Waals surface area contributed by atoms with Gasteiger partial charge >= 0.3 is 12.1 Å². The Morgan fingerprint density at radius 2 is 1.95 bits per heavy atom. The molecule has 1 saturated heterocycles. The summed E-state index contributed by atoms with van der Waals surface area (Å²) in [4.78, 5) is 54.2. The van der Waals surface area contributed by atoms with Crippen LogP contribution in [0.3, 0.4) is 0 Å². The van der Waals surface area contributed by atoms with E-state index in [1.165, 1.54) is 4.90 Å². The molecule has 1 fully saturated rings. The number of aromatic nitrogens is 4. The average Bonchev–Trinajstić information content (AvgIpc) is 3.69. The molecular weight excluding hydrogens is 586 g/mol. The number of thiazole rings is 1. The van der Waals surface area contributed by atoms with Gasteiger partial charge in [-0.25, -0.2) is 19.6 Å². The lowest BCUT2D eigenvalue weighted by Gasteiger charge is -2.27. The summed E-state index contributed by atoms with van der Waals surface area (Å²) < 4.78 is 16.0. The third-order valence-corrected chi connectivity index (χ3v) is 7.83. The summed E-state index contributed by atoms with van der Waals surface area (Å²) in [5.74, 6) is 0.589. The van der Waals surface area contributed by atoms with Crippen LogP contribution in [0.1, 0.15) is 61.8 Å². The van der Waals surface area contributed by atoms with Gasteiger partial charge in [0.25, 0.3) is 0 Å². The molecule has 1 aromatic carbocycles. The molecule has 2 N–H and O–H groups in total. The van der Waals surface area contributed by atoms with Crippen LogP contribution in [0.4, 0.5) is 15.7 Å². The third kappa shape index (κ3) is 6.96. The predicted molar refractivity (Wildman–Crippen MR) is 165 cm³/mol. The van der Waals surface area contributed by atoms with E-state index in [1.807, 2.05) is 31.2 Å². The van der Waals surface area contributed by atoms with Gasteiger partial charge in [0.1, 0.15) is 22.3 Å². The zero-order valence-electron chi connectivity index (χ0n) is 25.5. The minimum absolute atomic E-state index is 0.195. The van der Waals surface area contributed by atoms with E-state index in [1.54, 1.807) is 40.8 Å². The first kappa shape index (κ1) is 30.9. The molecule has 0 radical (unpaired) electrons. The lowest BCUT2D eigenvalue weighted by molar-refractivity contribution is -0.120. The summed E-state index contributed by atoms with van der Waals surface area (Å²) in [6.07, 6.45) is 2.06. The summed E-state index contributed by atoms with van der Waals surface area (Å²) in [5, 5.41) is 12.3. The molecule has 2 amide bonds. The fourth-order valence-electron chi connectivity index (χ4n) is 4.83. The van der Waals surface area contributed by atoms with Crippen molar-refractivity contribution in [3.63, 3.8) is 0 Å². The molecule has 14 heteroatoms. The fraction of sp³-hybridized carbons (Fsp3) is 0.433. The molecule has 4 heterocycles. The fourth-order valence-corrected chi connectivity index (χ4v) is 5.70. The first-order valence-corrected chi connectivity index (χ1v) is 15.1. The number of nitrogens with zero attached hydrogens (tertiary/aromatic N) is 5. The molecule has 44 heavy (non-hydrogen) atoms. The van der Waals surface area contributed by atoms with E-state index in [2.05, 4.69) is 30.7 Å². The number of ether oxygens (including phenoxy) is 2. The maximum absolute atomic E-state index is 13.6. The van der Waals surface area contributed by atoms with Crippen LogP contribution in [0.5, 0.6) is 0 Å². The highest BCUT2D eigenvalue weighted by molar-refractivity contribution is 7.17. The molecule has 1 aliphatic rings. The molecule has 5 rings (SSSR count). The summed E-state index contributed by atoms with van der Waals surface area (Å²) in [6, 6.07) is 6.48. The van der Waals surface area contributed by atoms with Gasteiger partial charge in [0.2, 0.25) is 17.6 Å². The molecule has 232 valence electrons. The number of benzene rings is 1. The van der Waals surface area contributed by atoms with Crippen molar-refractivity contribution in [2.24, 2.45) is 0 Å². The number of amides is 2. The Hall–Kier alpha value is -4.59. The van der Waals surface area contributed by atoms with Gasteiger partial charge in [0.05, 0.1) is 12.3 Å². The smallest absolute Gasteiger partial charge is 0.411 e. The van der Waals surface area contributed by atoms with Crippen LogP contribution >= 0.6 is 11.3 Å². The Balaban J connectivity index is 1.38. The summed E-state index contributed by atoms with van der Waals surface area (Å²) in [5.41, 5.74) is 0.463. The SMILES string of the molecule is CCCOC(=O)c1sc(NC(=O)[C@@H]2C[C@H](Nc3nccc4ccc(-c5noc(C)n5)cc34)CN2C(=O)OC(C)(C)C)nc1C. The average molecular weight is 622 g/mol. The number of esters is 1. The van der Waals surface area contributed by atoms with Crippen LogP contribution < -0.4 is 10.6 Å². The first-order valence-electron chi connectivity index (χ1n) is 14.3. The Bertz CT molecular complexity index is 1690. The number of aryl methyl sites for hydroxylation is 2. The lowest BCUT2D eigenvalue weighted by Crippen LogP contribution is -2.45. The van der Waals surface area contributed by atoms with Crippen LogP contribution in [0, 0.1) is 13.8 Å². The van der Waals surface area contributed by atoms with E-state index < -0.39 is 29.6 Å². The number of hydrogen-bond acceptors (Lipinski definition) is 12. The van der Waals surface area contributed by atoms with Crippen molar-refractivity contribution < 1.29 is 28.4 Å². The Kier molecular flexibility index (Phi) is 8.81. The van der Waals surface area contributed by atoms with Gasteiger partial charge in [-0.1, -0.05) is 35.5 Å². The largest absolute Gasteiger partial charge is 0.461 e. The van der Waals surface area contributed by atoms with Crippen LogP contribution in [-0.2, 0) is 14.3 Å². The number of nitrogens with one attached hydrogen (secondary N) is 2. The number of pyridine rings is 1. The molecule has 0 aliphatic carbocycles. The van der Waals surface area contributed by atoms with E-state index in [0.29, 0.717) is 41.1 Å². The molecule has 13 nitrogen and oxygen atoms in total. The number of carbonyl (C=O) groups excluding carboxylic acids is 3. The van der Waals surface area contributed by atoms with Crippen LogP contribution in [0.2, 0.25) is 0 Å². The summed E-state index contributed by atoms with van der Waals surface area (Å²) in [7, 11) is 0. The van der Waals surface area contributed by atoms with E-state index in [4.69, 9.17) is 14.0 Å². The Labute approximate surface area is 258 Å². The number of carbonyl (C=O) groups is 3. The lowest BCUT2D eigenvalue weighted by atomic mass is 10.1. The number of likely N-dealkylation sites (tertiary alicyclic amines) is 1. The van der Waals surface area contributed by atoms with E-state index in [0.717, 1.165) is 27.7 Å². The molecule has 0 bridgehead atoms. The number of hydrogen-bond donors (Lipinski definition) is 2. The van der Waals surface area contributed by atoms with Crippen molar-refractivity contribution in [3.8, 4) is 11.4 Å². The van der Waals surface area contributed by atoms with E-state index in [-0.39, 0.29) is 24.1 Å². The molecule has 1 aliphatic heterocycles. The number of anilines is 2. The molecule has 0 saturated carbocycles. The third-order valence-electron chi connectivity index (χ3n) is 6.77. The van der Waals surface area contributed by atoms with Crippen molar-refractivity contribution in [2.75, 3.05) is 23.8 Å². The zero-order valence-corrected chi connectivity index (χ0v) is 26.3. The van der Waals surface area contributed by atoms with Crippen LogP contribution in [0.25, 0.3) is 22.2 Å². The number of fused-ring (bicyclic) bond motifs is 1. The van der Waals surface area contributed by atoms with E-state index >= 15 is 0 Å². The maximum Gasteiger partial charge on any atom is 0.411 e. The summed E-state index contributed by atoms with van der Waals surface area (Å²) >= 11 is 1.04. The van der Waals surface area contributed by atoms with Crippen molar-refractivity contribution >= 4 is 51.0 Å². The summed E-state index contributed by atoms with van der Waals surface area (Å²) in [6.45, 7) is 11.1. The maximum atomic E-state index is 13.6. The van der Waals surface area contributed by atoms with Crippen LogP contribution in [-0.4, -0.2) is 73.8 Å². The quantitative estimate of drug-likeness (QED) is 0.244. The predicted octanol–water partition coefficient (Wildman–Crippen LogP) is 5.35. The van der Waals surface area contributed by atoms with Gasteiger partial charge in [-0.15, -0.1) is 0 Å². The van der Waals surface area contributed by atoms with Crippen molar-refractivity contribution in [2.45, 2.75) is 72.1 Å². The van der Waals surface area contributed by atoms with Gasteiger partial charge in [-0.3, -0.25) is 9.69 Å². The van der Waals surface area contributed by atoms with Gasteiger partial charge in [0, 0.05) is 36.7 Å². The number of rotatable bonds is 8. The minimum atomic E-state index is -0.866.